The number of benzene rings is 1. The zero-order valence-electron chi connectivity index (χ0n) is 17.1. The molecule has 1 aromatic carbocycles. The largest absolute Gasteiger partial charge is 0.493 e. The number of halogens is 3. The first-order valence-electron chi connectivity index (χ1n) is 9.36. The average molecular weight is 434 g/mol. The molecule has 0 saturated carbocycles. The normalized spacial score (nSPS) is 11.5. The topological polar surface area (TPSA) is 78.3 Å². The number of nitrogens with zero attached hydrogens (tertiary/aromatic N) is 3. The van der Waals surface area contributed by atoms with Gasteiger partial charge < -0.3 is 14.8 Å². The predicted molar refractivity (Wildman–Crippen MR) is 107 cm³/mol. The number of hydrogen-bond donors (Lipinski definition) is 1. The van der Waals surface area contributed by atoms with E-state index in [0.717, 1.165) is 16.4 Å². The molecule has 31 heavy (non-hydrogen) atoms. The van der Waals surface area contributed by atoms with E-state index in [1.165, 1.54) is 19.2 Å². The summed E-state index contributed by atoms with van der Waals surface area (Å²) in [5.74, 6) is -0.189. The van der Waals surface area contributed by atoms with Gasteiger partial charge in [-0.3, -0.25) is 14.5 Å². The fourth-order valence-corrected chi connectivity index (χ4v) is 2.91. The van der Waals surface area contributed by atoms with Crippen molar-refractivity contribution in [2.24, 2.45) is 0 Å². The fourth-order valence-electron chi connectivity index (χ4n) is 2.91. The number of nitrogens with one attached hydrogen (secondary N) is 1. The van der Waals surface area contributed by atoms with E-state index in [-0.39, 0.29) is 12.3 Å². The summed E-state index contributed by atoms with van der Waals surface area (Å²) in [4.78, 5) is 16.6. The van der Waals surface area contributed by atoms with E-state index in [4.69, 9.17) is 9.47 Å². The standard InChI is InChI=1S/C21H21F3N4O3/c1-13(2)28-19(21(22,23)24)16(11-26-28)20(29)27-15-4-5-17(30-3)18(10-15)31-12-14-6-8-25-9-7-14/h4-11,13H,12H2,1-3H3,(H,27,29). The number of hydrogen-bond acceptors (Lipinski definition) is 5. The number of methoxy groups -OCH3 is 1. The number of rotatable bonds is 7. The van der Waals surface area contributed by atoms with Crippen molar-refractivity contribution in [1.29, 1.82) is 0 Å². The van der Waals surface area contributed by atoms with Gasteiger partial charge in [0, 0.05) is 30.2 Å². The lowest BCUT2D eigenvalue weighted by Crippen LogP contribution is -2.22. The maximum absolute atomic E-state index is 13.5. The summed E-state index contributed by atoms with van der Waals surface area (Å²) >= 11 is 0. The highest BCUT2D eigenvalue weighted by Gasteiger charge is 2.40. The van der Waals surface area contributed by atoms with Crippen molar-refractivity contribution in [3.8, 4) is 11.5 Å². The van der Waals surface area contributed by atoms with Gasteiger partial charge in [0.15, 0.2) is 17.2 Å². The molecule has 10 heteroatoms. The molecule has 0 aliphatic rings. The van der Waals surface area contributed by atoms with Crippen molar-refractivity contribution in [3.05, 3.63) is 65.7 Å². The number of aromatic nitrogens is 3. The van der Waals surface area contributed by atoms with Gasteiger partial charge in [0.25, 0.3) is 5.91 Å². The van der Waals surface area contributed by atoms with Crippen LogP contribution in [0.15, 0.2) is 48.9 Å². The third-order valence-electron chi connectivity index (χ3n) is 4.36. The molecule has 0 saturated heterocycles. The number of carbonyl (C=O) groups is 1. The van der Waals surface area contributed by atoms with Crippen LogP contribution in [0, 0.1) is 0 Å². The molecule has 0 radical (unpaired) electrons. The highest BCUT2D eigenvalue weighted by atomic mass is 19.4. The van der Waals surface area contributed by atoms with Crippen molar-refractivity contribution in [1.82, 2.24) is 14.8 Å². The SMILES string of the molecule is COc1ccc(NC(=O)c2cnn(C(C)C)c2C(F)(F)F)cc1OCc1ccncc1. The van der Waals surface area contributed by atoms with E-state index in [1.807, 2.05) is 0 Å². The van der Waals surface area contributed by atoms with Crippen LogP contribution in [-0.4, -0.2) is 27.8 Å². The van der Waals surface area contributed by atoms with Crippen molar-refractivity contribution in [2.75, 3.05) is 12.4 Å². The highest BCUT2D eigenvalue weighted by molar-refractivity contribution is 6.05. The Morgan fingerprint density at radius 2 is 1.87 bits per heavy atom. The van der Waals surface area contributed by atoms with Gasteiger partial charge >= 0.3 is 6.18 Å². The minimum absolute atomic E-state index is 0.218. The molecule has 0 aliphatic carbocycles. The molecule has 0 atom stereocenters. The number of pyridine rings is 1. The molecule has 1 amide bonds. The van der Waals surface area contributed by atoms with Crippen molar-refractivity contribution < 1.29 is 27.4 Å². The van der Waals surface area contributed by atoms with Gasteiger partial charge in [0.05, 0.1) is 18.9 Å². The quantitative estimate of drug-likeness (QED) is 0.582. The summed E-state index contributed by atoms with van der Waals surface area (Å²) in [6.45, 7) is 3.33. The van der Waals surface area contributed by atoms with Crippen LogP contribution in [0.25, 0.3) is 0 Å². The zero-order chi connectivity index (χ0) is 22.6. The van der Waals surface area contributed by atoms with Gasteiger partial charge in [0.1, 0.15) is 6.61 Å². The Morgan fingerprint density at radius 1 is 1.16 bits per heavy atom. The third kappa shape index (κ3) is 5.14. The van der Waals surface area contributed by atoms with Gasteiger partial charge in [-0.2, -0.15) is 18.3 Å². The second-order valence-electron chi connectivity index (χ2n) is 6.91. The van der Waals surface area contributed by atoms with Crippen molar-refractivity contribution >= 4 is 11.6 Å². The molecule has 0 aliphatic heterocycles. The lowest BCUT2D eigenvalue weighted by molar-refractivity contribution is -0.145. The van der Waals surface area contributed by atoms with Crippen LogP contribution >= 0.6 is 0 Å². The Labute approximate surface area is 176 Å². The fraction of sp³-hybridized carbons (Fsp3) is 0.286. The summed E-state index contributed by atoms with van der Waals surface area (Å²) in [5.41, 5.74) is -0.540. The first-order valence-corrected chi connectivity index (χ1v) is 9.36. The summed E-state index contributed by atoms with van der Waals surface area (Å²) in [6, 6.07) is 7.55. The Kier molecular flexibility index (Phi) is 6.47. The van der Waals surface area contributed by atoms with Gasteiger partial charge in [-0.1, -0.05) is 0 Å². The van der Waals surface area contributed by atoms with E-state index >= 15 is 0 Å². The smallest absolute Gasteiger partial charge is 0.433 e. The van der Waals surface area contributed by atoms with Crippen molar-refractivity contribution in [3.63, 3.8) is 0 Å². The Hall–Kier alpha value is -3.56. The lowest BCUT2D eigenvalue weighted by atomic mass is 10.2. The van der Waals surface area contributed by atoms with Gasteiger partial charge in [-0.25, -0.2) is 0 Å². The van der Waals surface area contributed by atoms with Gasteiger partial charge in [-0.05, 0) is 43.7 Å². The molecule has 1 N–H and O–H groups in total. The van der Waals surface area contributed by atoms with Crippen LogP contribution in [0.4, 0.5) is 18.9 Å². The lowest BCUT2D eigenvalue weighted by Gasteiger charge is -2.15. The third-order valence-corrected chi connectivity index (χ3v) is 4.36. The van der Waals surface area contributed by atoms with Crippen LogP contribution in [0.1, 0.15) is 41.5 Å². The predicted octanol–water partition coefficient (Wildman–Crippen LogP) is 4.72. The average Bonchev–Trinajstić information content (AvgIpc) is 3.19. The molecule has 7 nitrogen and oxygen atoms in total. The Bertz CT molecular complexity index is 1050. The first-order chi connectivity index (χ1) is 14.7. The molecule has 0 unspecified atom stereocenters. The maximum Gasteiger partial charge on any atom is 0.433 e. The summed E-state index contributed by atoms with van der Waals surface area (Å²) < 4.78 is 52.4. The maximum atomic E-state index is 13.5. The van der Waals surface area contributed by atoms with Crippen LogP contribution in [-0.2, 0) is 12.8 Å². The van der Waals surface area contributed by atoms with Crippen LogP contribution in [0.2, 0.25) is 0 Å². The zero-order valence-corrected chi connectivity index (χ0v) is 17.1. The van der Waals surface area contributed by atoms with E-state index in [0.29, 0.717) is 11.5 Å². The first kappa shape index (κ1) is 22.1. The van der Waals surface area contributed by atoms with Crippen LogP contribution in [0.3, 0.4) is 0 Å². The highest BCUT2D eigenvalue weighted by Crippen LogP contribution is 2.35. The number of anilines is 1. The second-order valence-corrected chi connectivity index (χ2v) is 6.91. The molecular weight excluding hydrogens is 413 g/mol. The minimum Gasteiger partial charge on any atom is -0.493 e. The molecule has 0 fully saturated rings. The Morgan fingerprint density at radius 3 is 2.48 bits per heavy atom. The molecule has 2 heterocycles. The molecule has 2 aromatic heterocycles. The van der Waals surface area contributed by atoms with Crippen LogP contribution in [0.5, 0.6) is 11.5 Å². The minimum atomic E-state index is -4.73. The molecule has 3 rings (SSSR count). The number of alkyl halides is 3. The number of carbonyl (C=O) groups excluding carboxylic acids is 1. The monoisotopic (exact) mass is 434 g/mol. The molecule has 3 aromatic rings. The summed E-state index contributed by atoms with van der Waals surface area (Å²) in [7, 11) is 1.46. The van der Waals surface area contributed by atoms with E-state index in [9.17, 15) is 18.0 Å². The van der Waals surface area contributed by atoms with E-state index in [1.54, 1.807) is 44.4 Å². The molecule has 0 spiro atoms. The van der Waals surface area contributed by atoms with Crippen molar-refractivity contribution in [2.45, 2.75) is 32.7 Å². The molecular formula is C21H21F3N4O3. The number of amides is 1. The van der Waals surface area contributed by atoms with E-state index in [2.05, 4.69) is 15.4 Å². The van der Waals surface area contributed by atoms with Crippen LogP contribution < -0.4 is 14.8 Å². The number of ether oxygens (including phenoxy) is 2. The van der Waals surface area contributed by atoms with E-state index < -0.39 is 29.4 Å². The second kappa shape index (κ2) is 9.07. The van der Waals surface area contributed by atoms with Gasteiger partial charge in [-0.15, -0.1) is 0 Å². The molecule has 0 bridgehead atoms. The Balaban J connectivity index is 1.84. The molecule has 164 valence electrons. The summed E-state index contributed by atoms with van der Waals surface area (Å²) in [5, 5.41) is 6.21. The summed E-state index contributed by atoms with van der Waals surface area (Å²) in [6.07, 6.45) is -0.557. The van der Waals surface area contributed by atoms with Gasteiger partial charge in [0.2, 0.25) is 0 Å².